The first-order chi connectivity index (χ1) is 4.63. The van der Waals surface area contributed by atoms with Crippen molar-refractivity contribution in [3.05, 3.63) is 10.9 Å². The number of ether oxygens (including phenoxy) is 1. The fourth-order valence-corrected chi connectivity index (χ4v) is 0.679. The van der Waals surface area contributed by atoms with E-state index in [9.17, 15) is 0 Å². The molecular weight excluding hydrogens is 150 g/mol. The molecule has 10 heavy (non-hydrogen) atoms. The van der Waals surface area contributed by atoms with E-state index in [0.29, 0.717) is 5.22 Å². The van der Waals surface area contributed by atoms with Crippen LogP contribution in [0.25, 0.3) is 0 Å². The predicted octanol–water partition coefficient (Wildman–Crippen LogP) is 2.01. The SMILES string of the molecule is CCN(C)/C(C)=C(/Cl)OC. The Hall–Kier alpha value is -0.370. The average molecular weight is 164 g/mol. The summed E-state index contributed by atoms with van der Waals surface area (Å²) in [6.07, 6.45) is 0. The molecule has 0 unspecified atom stereocenters. The summed E-state index contributed by atoms with van der Waals surface area (Å²) in [4.78, 5) is 2.02. The molecule has 60 valence electrons. The van der Waals surface area contributed by atoms with Crippen LogP contribution in [0.2, 0.25) is 0 Å². The maximum atomic E-state index is 5.71. The molecule has 0 aromatic rings. The number of nitrogens with zero attached hydrogens (tertiary/aromatic N) is 1. The van der Waals surface area contributed by atoms with Gasteiger partial charge in [0.15, 0.2) is 0 Å². The molecule has 0 aliphatic rings. The molecular formula is C7H14ClNO. The number of rotatable bonds is 3. The number of hydrogen-bond acceptors (Lipinski definition) is 2. The maximum absolute atomic E-state index is 5.71. The second-order valence-electron chi connectivity index (χ2n) is 2.08. The van der Waals surface area contributed by atoms with Crippen molar-refractivity contribution in [2.24, 2.45) is 0 Å². The van der Waals surface area contributed by atoms with Gasteiger partial charge in [-0.2, -0.15) is 0 Å². The number of halogens is 1. The maximum Gasteiger partial charge on any atom is 0.206 e. The molecule has 0 saturated heterocycles. The predicted molar refractivity (Wildman–Crippen MR) is 43.9 cm³/mol. The minimum atomic E-state index is 0.462. The smallest absolute Gasteiger partial charge is 0.206 e. The van der Waals surface area contributed by atoms with Crippen LogP contribution in [0.3, 0.4) is 0 Å². The third-order valence-corrected chi connectivity index (χ3v) is 1.94. The summed E-state index contributed by atoms with van der Waals surface area (Å²) in [5.41, 5.74) is 0.965. The lowest BCUT2D eigenvalue weighted by molar-refractivity contribution is 0.297. The van der Waals surface area contributed by atoms with Gasteiger partial charge in [-0.25, -0.2) is 0 Å². The van der Waals surface area contributed by atoms with Crippen molar-refractivity contribution in [1.82, 2.24) is 4.90 Å². The van der Waals surface area contributed by atoms with E-state index in [4.69, 9.17) is 16.3 Å². The molecule has 0 fully saturated rings. The van der Waals surface area contributed by atoms with Gasteiger partial charge in [-0.15, -0.1) is 0 Å². The molecule has 0 aliphatic carbocycles. The van der Waals surface area contributed by atoms with E-state index in [-0.39, 0.29) is 0 Å². The highest BCUT2D eigenvalue weighted by Gasteiger charge is 2.01. The summed E-state index contributed by atoms with van der Waals surface area (Å²) < 4.78 is 4.84. The van der Waals surface area contributed by atoms with E-state index < -0.39 is 0 Å². The van der Waals surface area contributed by atoms with Crippen LogP contribution in [0.5, 0.6) is 0 Å². The first kappa shape index (κ1) is 9.63. The van der Waals surface area contributed by atoms with Crippen molar-refractivity contribution in [3.8, 4) is 0 Å². The summed E-state index contributed by atoms with van der Waals surface area (Å²) in [6, 6.07) is 0. The van der Waals surface area contributed by atoms with Crippen molar-refractivity contribution >= 4 is 11.6 Å². The highest BCUT2D eigenvalue weighted by atomic mass is 35.5. The molecule has 0 aromatic heterocycles. The van der Waals surface area contributed by atoms with E-state index in [2.05, 4.69) is 6.92 Å². The quantitative estimate of drug-likeness (QED) is 0.591. The summed E-state index contributed by atoms with van der Waals surface area (Å²) in [7, 11) is 3.53. The Morgan fingerprint density at radius 3 is 2.40 bits per heavy atom. The minimum absolute atomic E-state index is 0.462. The largest absolute Gasteiger partial charge is 0.485 e. The summed E-state index contributed by atoms with van der Waals surface area (Å²) >= 11 is 5.71. The van der Waals surface area contributed by atoms with Crippen LogP contribution in [-0.2, 0) is 4.74 Å². The molecule has 0 N–H and O–H groups in total. The van der Waals surface area contributed by atoms with Gasteiger partial charge >= 0.3 is 0 Å². The topological polar surface area (TPSA) is 12.5 Å². The Kier molecular flexibility index (Phi) is 4.28. The Bertz CT molecular complexity index is 134. The Morgan fingerprint density at radius 1 is 1.60 bits per heavy atom. The van der Waals surface area contributed by atoms with E-state index in [1.54, 1.807) is 7.11 Å². The number of methoxy groups -OCH3 is 1. The van der Waals surface area contributed by atoms with E-state index in [0.717, 1.165) is 12.2 Å². The van der Waals surface area contributed by atoms with Gasteiger partial charge in [0.25, 0.3) is 0 Å². The minimum Gasteiger partial charge on any atom is -0.485 e. The van der Waals surface area contributed by atoms with Gasteiger partial charge < -0.3 is 9.64 Å². The molecule has 3 heteroatoms. The molecule has 2 nitrogen and oxygen atoms in total. The molecule has 0 rings (SSSR count). The van der Waals surface area contributed by atoms with Crippen LogP contribution in [-0.4, -0.2) is 25.6 Å². The van der Waals surface area contributed by atoms with Gasteiger partial charge in [0.1, 0.15) is 0 Å². The fourth-order valence-electron chi connectivity index (χ4n) is 0.535. The molecule has 0 aliphatic heterocycles. The molecule has 0 heterocycles. The molecule has 0 radical (unpaired) electrons. The van der Waals surface area contributed by atoms with Crippen molar-refractivity contribution in [2.75, 3.05) is 20.7 Å². The van der Waals surface area contributed by atoms with Crippen LogP contribution in [0.4, 0.5) is 0 Å². The van der Waals surface area contributed by atoms with Crippen molar-refractivity contribution in [3.63, 3.8) is 0 Å². The van der Waals surface area contributed by atoms with Gasteiger partial charge in [-0.05, 0) is 25.4 Å². The lowest BCUT2D eigenvalue weighted by Gasteiger charge is -2.17. The Labute approximate surface area is 67.4 Å². The van der Waals surface area contributed by atoms with Gasteiger partial charge in [-0.3, -0.25) is 0 Å². The first-order valence-corrected chi connectivity index (χ1v) is 3.62. The van der Waals surface area contributed by atoms with E-state index >= 15 is 0 Å². The van der Waals surface area contributed by atoms with Crippen LogP contribution >= 0.6 is 11.6 Å². The van der Waals surface area contributed by atoms with Gasteiger partial charge in [0, 0.05) is 13.6 Å². The Morgan fingerprint density at radius 2 is 2.10 bits per heavy atom. The van der Waals surface area contributed by atoms with Crippen molar-refractivity contribution in [1.29, 1.82) is 0 Å². The molecule has 0 amide bonds. The zero-order chi connectivity index (χ0) is 8.15. The standard InChI is InChI=1S/C7H14ClNO/c1-5-9(3)6(2)7(8)10-4/h5H2,1-4H3/b7-6-. The molecule has 0 aromatic carbocycles. The van der Waals surface area contributed by atoms with Crippen molar-refractivity contribution in [2.45, 2.75) is 13.8 Å². The molecule has 0 bridgehead atoms. The third-order valence-electron chi connectivity index (χ3n) is 1.51. The van der Waals surface area contributed by atoms with Gasteiger partial charge in [0.05, 0.1) is 12.8 Å². The molecule has 0 saturated carbocycles. The second kappa shape index (κ2) is 4.45. The average Bonchev–Trinajstić information content (AvgIpc) is 2.00. The summed E-state index contributed by atoms with van der Waals surface area (Å²) in [5, 5.41) is 0.462. The van der Waals surface area contributed by atoms with Crippen molar-refractivity contribution < 1.29 is 4.74 Å². The van der Waals surface area contributed by atoms with Crippen LogP contribution in [0.1, 0.15) is 13.8 Å². The van der Waals surface area contributed by atoms with Crippen LogP contribution in [0.15, 0.2) is 10.9 Å². The van der Waals surface area contributed by atoms with Gasteiger partial charge in [0.2, 0.25) is 5.22 Å². The molecule has 0 spiro atoms. The highest BCUT2D eigenvalue weighted by molar-refractivity contribution is 6.28. The number of allylic oxidation sites excluding steroid dienone is 1. The molecule has 0 atom stereocenters. The number of hydrogen-bond donors (Lipinski definition) is 0. The Balaban J connectivity index is 4.15. The summed E-state index contributed by atoms with van der Waals surface area (Å²) in [5.74, 6) is 0. The fraction of sp³-hybridized carbons (Fsp3) is 0.714. The normalized spacial score (nSPS) is 12.5. The highest BCUT2D eigenvalue weighted by Crippen LogP contribution is 2.11. The lowest BCUT2D eigenvalue weighted by Crippen LogP contribution is -2.16. The van der Waals surface area contributed by atoms with E-state index in [1.807, 2.05) is 18.9 Å². The second-order valence-corrected chi connectivity index (χ2v) is 2.42. The lowest BCUT2D eigenvalue weighted by atomic mass is 10.4. The first-order valence-electron chi connectivity index (χ1n) is 3.25. The van der Waals surface area contributed by atoms with E-state index in [1.165, 1.54) is 0 Å². The van der Waals surface area contributed by atoms with Gasteiger partial charge in [-0.1, -0.05) is 0 Å². The zero-order valence-corrected chi connectivity index (χ0v) is 7.70. The summed E-state index contributed by atoms with van der Waals surface area (Å²) in [6.45, 7) is 4.92. The monoisotopic (exact) mass is 163 g/mol. The van der Waals surface area contributed by atoms with Crippen LogP contribution in [0, 0.1) is 0 Å². The zero-order valence-electron chi connectivity index (χ0n) is 6.94. The van der Waals surface area contributed by atoms with Crippen LogP contribution < -0.4 is 0 Å². The third kappa shape index (κ3) is 2.48.